The Morgan fingerprint density at radius 1 is 1.04 bits per heavy atom. The molecule has 0 radical (unpaired) electrons. The molecule has 0 aliphatic rings. The highest BCUT2D eigenvalue weighted by Crippen LogP contribution is 2.25. The number of hydrogen-bond donors (Lipinski definition) is 3. The van der Waals surface area contributed by atoms with Gasteiger partial charge < -0.3 is 10.4 Å². The molecule has 150 valence electrons. The van der Waals surface area contributed by atoms with Crippen LogP contribution in [0.2, 0.25) is 0 Å². The summed E-state index contributed by atoms with van der Waals surface area (Å²) in [6.45, 7) is 3.67. The lowest BCUT2D eigenvalue weighted by Gasteiger charge is -2.28. The molecule has 1 unspecified atom stereocenters. The maximum Gasteiger partial charge on any atom is 0.327 e. The topological polar surface area (TPSA) is 66.4 Å². The Hall–Kier alpha value is -1.92. The minimum Gasteiger partial charge on any atom is -0.480 e. The van der Waals surface area contributed by atoms with Crippen molar-refractivity contribution in [2.24, 2.45) is 5.41 Å². The summed E-state index contributed by atoms with van der Waals surface area (Å²) in [6, 6.07) is 18.6. The largest absolute Gasteiger partial charge is 0.480 e. The summed E-state index contributed by atoms with van der Waals surface area (Å²) in [7, 11) is 0. The van der Waals surface area contributed by atoms with E-state index in [2.05, 4.69) is 30.1 Å². The van der Waals surface area contributed by atoms with Crippen molar-refractivity contribution in [3.05, 3.63) is 71.8 Å². The van der Waals surface area contributed by atoms with Gasteiger partial charge in [-0.25, -0.2) is 4.79 Å². The first-order valence-electron chi connectivity index (χ1n) is 9.17. The van der Waals surface area contributed by atoms with Gasteiger partial charge in [-0.1, -0.05) is 74.5 Å². The molecule has 2 rings (SSSR count). The Labute approximate surface area is 176 Å². The summed E-state index contributed by atoms with van der Waals surface area (Å²) in [6.07, 6.45) is 0.463. The van der Waals surface area contributed by atoms with Crippen LogP contribution in [0.1, 0.15) is 25.0 Å². The van der Waals surface area contributed by atoms with E-state index in [1.54, 1.807) is 11.8 Å². The number of carbonyl (C=O) groups is 2. The van der Waals surface area contributed by atoms with Crippen LogP contribution >= 0.6 is 24.4 Å². The SMILES string of the molecule is CC(C)(CSCc1ccccc1)C(=O)NC(C(=O)O)[C@@H](S)Cc1ccccc1. The molecule has 6 heteroatoms. The standard InChI is InChI=1S/C22H27NO3S2/c1-22(2,15-28-14-17-11-7-4-8-12-17)21(26)23-19(20(24)25)18(27)13-16-9-5-3-6-10-16/h3-12,18-19,27H,13-15H2,1-2H3,(H,23,26)(H,24,25)/t18-,19?/m0/s1. The maximum atomic E-state index is 12.8. The molecule has 28 heavy (non-hydrogen) atoms. The normalized spacial score (nSPS) is 13.5. The van der Waals surface area contributed by atoms with Crippen LogP contribution in [0.4, 0.5) is 0 Å². The van der Waals surface area contributed by atoms with E-state index in [1.807, 2.05) is 62.4 Å². The highest BCUT2D eigenvalue weighted by molar-refractivity contribution is 7.98. The number of nitrogens with one attached hydrogen (secondary N) is 1. The molecule has 0 aromatic heterocycles. The van der Waals surface area contributed by atoms with E-state index >= 15 is 0 Å². The molecule has 4 nitrogen and oxygen atoms in total. The summed E-state index contributed by atoms with van der Waals surface area (Å²) < 4.78 is 0. The van der Waals surface area contributed by atoms with Gasteiger partial charge >= 0.3 is 5.97 Å². The molecule has 0 saturated carbocycles. The predicted octanol–water partition coefficient (Wildman–Crippen LogP) is 4.06. The first-order chi connectivity index (χ1) is 13.3. The second-order valence-electron chi connectivity index (χ2n) is 7.41. The third-order valence-corrected chi connectivity index (χ3v) is 6.36. The van der Waals surface area contributed by atoms with Crippen molar-refractivity contribution >= 4 is 36.3 Å². The van der Waals surface area contributed by atoms with E-state index in [1.165, 1.54) is 5.56 Å². The van der Waals surface area contributed by atoms with Gasteiger partial charge in [0, 0.05) is 16.8 Å². The average Bonchev–Trinajstić information content (AvgIpc) is 2.67. The van der Waals surface area contributed by atoms with E-state index in [-0.39, 0.29) is 5.91 Å². The van der Waals surface area contributed by atoms with Crippen molar-refractivity contribution in [1.29, 1.82) is 0 Å². The van der Waals surface area contributed by atoms with E-state index in [0.717, 1.165) is 11.3 Å². The number of rotatable bonds is 10. The highest BCUT2D eigenvalue weighted by atomic mass is 32.2. The monoisotopic (exact) mass is 417 g/mol. The first kappa shape index (κ1) is 22.4. The lowest BCUT2D eigenvalue weighted by molar-refractivity contribution is -0.143. The molecule has 2 aromatic rings. The van der Waals surface area contributed by atoms with Crippen LogP contribution in [-0.4, -0.2) is 34.0 Å². The van der Waals surface area contributed by atoms with Gasteiger partial charge in [-0.15, -0.1) is 0 Å². The Morgan fingerprint density at radius 2 is 1.57 bits per heavy atom. The Kier molecular flexibility index (Phi) is 8.45. The van der Waals surface area contributed by atoms with Crippen molar-refractivity contribution in [3.63, 3.8) is 0 Å². The fraction of sp³-hybridized carbons (Fsp3) is 0.364. The van der Waals surface area contributed by atoms with Crippen LogP contribution in [-0.2, 0) is 21.8 Å². The van der Waals surface area contributed by atoms with Crippen LogP contribution < -0.4 is 5.32 Å². The molecule has 1 amide bonds. The van der Waals surface area contributed by atoms with Crippen molar-refractivity contribution in [2.45, 2.75) is 37.3 Å². The smallest absolute Gasteiger partial charge is 0.327 e. The van der Waals surface area contributed by atoms with Crippen LogP contribution in [0.5, 0.6) is 0 Å². The molecule has 2 N–H and O–H groups in total. The molecular formula is C22H27NO3S2. The third-order valence-electron chi connectivity index (χ3n) is 4.41. The Bertz CT molecular complexity index is 766. The maximum absolute atomic E-state index is 12.8. The zero-order valence-corrected chi connectivity index (χ0v) is 17.9. The quantitative estimate of drug-likeness (QED) is 0.510. The number of thiol groups is 1. The fourth-order valence-corrected chi connectivity index (χ4v) is 4.28. The Balaban J connectivity index is 1.92. The van der Waals surface area contributed by atoms with Gasteiger partial charge in [-0.3, -0.25) is 4.79 Å². The van der Waals surface area contributed by atoms with E-state index in [4.69, 9.17) is 0 Å². The number of hydrogen-bond acceptors (Lipinski definition) is 4. The van der Waals surface area contributed by atoms with Gasteiger partial charge in [-0.05, 0) is 17.5 Å². The number of carbonyl (C=O) groups excluding carboxylic acids is 1. The van der Waals surface area contributed by atoms with Crippen molar-refractivity contribution in [3.8, 4) is 0 Å². The van der Waals surface area contributed by atoms with E-state index < -0.39 is 22.7 Å². The second-order valence-corrected chi connectivity index (χ2v) is 9.06. The van der Waals surface area contributed by atoms with E-state index in [0.29, 0.717) is 12.2 Å². The zero-order valence-electron chi connectivity index (χ0n) is 16.2. The average molecular weight is 418 g/mol. The summed E-state index contributed by atoms with van der Waals surface area (Å²) >= 11 is 6.12. The number of carboxylic acids is 1. The van der Waals surface area contributed by atoms with Gasteiger partial charge in [0.2, 0.25) is 5.91 Å². The molecule has 2 atom stereocenters. The van der Waals surface area contributed by atoms with Gasteiger partial charge in [0.15, 0.2) is 0 Å². The zero-order chi connectivity index (χ0) is 20.6. The molecule has 2 aromatic carbocycles. The van der Waals surface area contributed by atoms with E-state index in [9.17, 15) is 14.7 Å². The molecule has 0 saturated heterocycles. The lowest BCUT2D eigenvalue weighted by Crippen LogP contribution is -2.52. The van der Waals surface area contributed by atoms with Crippen LogP contribution in [0.15, 0.2) is 60.7 Å². The molecule has 0 heterocycles. The molecule has 0 aliphatic carbocycles. The van der Waals surface area contributed by atoms with Gasteiger partial charge in [0.05, 0.1) is 5.41 Å². The minimum absolute atomic E-state index is 0.271. The molecule has 0 spiro atoms. The fourth-order valence-electron chi connectivity index (χ4n) is 2.70. The number of thioether (sulfide) groups is 1. The van der Waals surface area contributed by atoms with Crippen LogP contribution in [0.3, 0.4) is 0 Å². The summed E-state index contributed by atoms with van der Waals surface area (Å²) in [5, 5.41) is 11.8. The third kappa shape index (κ3) is 6.91. The Morgan fingerprint density at radius 3 is 2.11 bits per heavy atom. The first-order valence-corrected chi connectivity index (χ1v) is 10.8. The summed E-state index contributed by atoms with van der Waals surface area (Å²) in [4.78, 5) is 24.5. The summed E-state index contributed by atoms with van der Waals surface area (Å²) in [5.41, 5.74) is 1.50. The van der Waals surface area contributed by atoms with Crippen LogP contribution in [0.25, 0.3) is 0 Å². The van der Waals surface area contributed by atoms with Crippen molar-refractivity contribution < 1.29 is 14.7 Å². The summed E-state index contributed by atoms with van der Waals surface area (Å²) in [5.74, 6) is 0.0589. The molecule has 0 bridgehead atoms. The molecule has 0 fully saturated rings. The lowest BCUT2D eigenvalue weighted by atomic mass is 9.94. The van der Waals surface area contributed by atoms with Crippen molar-refractivity contribution in [2.75, 3.05) is 5.75 Å². The number of amides is 1. The van der Waals surface area contributed by atoms with Crippen LogP contribution in [0, 0.1) is 5.41 Å². The molecule has 0 aliphatic heterocycles. The highest BCUT2D eigenvalue weighted by Gasteiger charge is 2.34. The second kappa shape index (κ2) is 10.6. The minimum atomic E-state index is -1.07. The molecular weight excluding hydrogens is 390 g/mol. The van der Waals surface area contributed by atoms with Gasteiger partial charge in [0.1, 0.15) is 6.04 Å². The van der Waals surface area contributed by atoms with Gasteiger partial charge in [-0.2, -0.15) is 24.4 Å². The number of benzene rings is 2. The number of aliphatic carboxylic acids is 1. The van der Waals surface area contributed by atoms with Crippen molar-refractivity contribution in [1.82, 2.24) is 5.32 Å². The predicted molar refractivity (Wildman–Crippen MR) is 119 cm³/mol. The number of carboxylic acid groups (broad SMARTS) is 1. The van der Waals surface area contributed by atoms with Gasteiger partial charge in [0.25, 0.3) is 0 Å².